The summed E-state index contributed by atoms with van der Waals surface area (Å²) in [5, 5.41) is 5.96. The molecule has 0 aliphatic rings. The molecule has 7 nitrogen and oxygen atoms in total. The van der Waals surface area contributed by atoms with E-state index >= 15 is 0 Å². The zero-order valence-corrected chi connectivity index (χ0v) is 10.6. The highest BCUT2D eigenvalue weighted by Crippen LogP contribution is 2.20. The molecule has 2 aromatic heterocycles. The lowest BCUT2D eigenvalue weighted by molar-refractivity contribution is -0.121. The van der Waals surface area contributed by atoms with Gasteiger partial charge in [0.25, 0.3) is 0 Å². The quantitative estimate of drug-likeness (QED) is 0.729. The van der Waals surface area contributed by atoms with Crippen LogP contribution in [0.1, 0.15) is 13.8 Å². The van der Waals surface area contributed by atoms with Crippen molar-refractivity contribution in [2.45, 2.75) is 19.4 Å². The normalized spacial score (nSPS) is 11.5. The Morgan fingerprint density at radius 1 is 1.50 bits per heavy atom. The Morgan fingerprint density at radius 2 is 2.22 bits per heavy atom. The van der Waals surface area contributed by atoms with Crippen LogP contribution in [0, 0.1) is 0 Å². The van der Waals surface area contributed by atoms with Gasteiger partial charge in [-0.05, 0) is 13.8 Å². The first kappa shape index (κ1) is 12.2. The van der Waals surface area contributed by atoms with Gasteiger partial charge in [0.05, 0.1) is 6.20 Å². The van der Waals surface area contributed by atoms with Crippen LogP contribution in [0.25, 0.3) is 5.65 Å². The van der Waals surface area contributed by atoms with E-state index < -0.39 is 11.4 Å². The molecule has 0 aliphatic carbocycles. The van der Waals surface area contributed by atoms with Crippen molar-refractivity contribution in [1.29, 1.82) is 0 Å². The summed E-state index contributed by atoms with van der Waals surface area (Å²) in [4.78, 5) is 19.9. The minimum absolute atomic E-state index is 0.455. The summed E-state index contributed by atoms with van der Waals surface area (Å²) in [6.45, 7) is 3.39. The van der Waals surface area contributed by atoms with Crippen molar-refractivity contribution in [1.82, 2.24) is 14.4 Å². The van der Waals surface area contributed by atoms with E-state index in [0.717, 1.165) is 0 Å². The first-order chi connectivity index (χ1) is 8.44. The van der Waals surface area contributed by atoms with E-state index in [0.29, 0.717) is 17.3 Å². The lowest BCUT2D eigenvalue weighted by Gasteiger charge is -2.23. The average molecular weight is 248 g/mol. The fourth-order valence-corrected chi connectivity index (χ4v) is 1.49. The first-order valence-electron chi connectivity index (χ1n) is 5.53. The molecular formula is C11H16N6O. The number of hydrogen-bond acceptors (Lipinski definition) is 5. The summed E-state index contributed by atoms with van der Waals surface area (Å²) in [6.07, 6.45) is 5.28. The number of nitrogens with zero attached hydrogens (tertiary/aromatic N) is 3. The number of hydrogen-bond donors (Lipinski definition) is 3. The van der Waals surface area contributed by atoms with Crippen LogP contribution in [0.15, 0.2) is 18.6 Å². The third kappa shape index (κ3) is 2.06. The van der Waals surface area contributed by atoms with Crippen LogP contribution in [-0.4, -0.2) is 32.9 Å². The van der Waals surface area contributed by atoms with E-state index in [1.165, 1.54) is 0 Å². The lowest BCUT2D eigenvalue weighted by atomic mass is 10.1. The summed E-state index contributed by atoms with van der Waals surface area (Å²) < 4.78 is 1.82. The molecule has 0 fully saturated rings. The monoisotopic (exact) mass is 248 g/mol. The van der Waals surface area contributed by atoms with Gasteiger partial charge in [0.2, 0.25) is 5.91 Å². The van der Waals surface area contributed by atoms with E-state index in [4.69, 9.17) is 5.73 Å². The minimum atomic E-state index is -0.897. The minimum Gasteiger partial charge on any atom is -0.372 e. The fraction of sp³-hybridized carbons (Fsp3) is 0.364. The number of imidazole rings is 1. The highest BCUT2D eigenvalue weighted by molar-refractivity contribution is 5.87. The predicted molar refractivity (Wildman–Crippen MR) is 69.4 cm³/mol. The lowest BCUT2D eigenvalue weighted by Crippen LogP contribution is -2.45. The summed E-state index contributed by atoms with van der Waals surface area (Å²) in [7, 11) is 1.77. The van der Waals surface area contributed by atoms with Crippen molar-refractivity contribution >= 4 is 23.2 Å². The molecule has 0 aromatic carbocycles. The molecule has 0 bridgehead atoms. The number of fused-ring (bicyclic) bond motifs is 1. The molecule has 96 valence electrons. The van der Waals surface area contributed by atoms with Crippen molar-refractivity contribution in [3.8, 4) is 0 Å². The van der Waals surface area contributed by atoms with Gasteiger partial charge in [0, 0.05) is 19.4 Å². The number of nitrogens with one attached hydrogen (secondary N) is 2. The molecule has 0 unspecified atom stereocenters. The number of rotatable bonds is 4. The highest BCUT2D eigenvalue weighted by Gasteiger charge is 2.26. The SMILES string of the molecule is CNc1cn2ccnc2c(NC(C)(C)C(N)=O)n1. The molecule has 2 aromatic rings. The molecule has 0 saturated heterocycles. The van der Waals surface area contributed by atoms with Crippen molar-refractivity contribution in [2.24, 2.45) is 5.73 Å². The van der Waals surface area contributed by atoms with Crippen LogP contribution >= 0.6 is 0 Å². The second-order valence-corrected chi connectivity index (χ2v) is 4.50. The van der Waals surface area contributed by atoms with Gasteiger partial charge in [-0.15, -0.1) is 0 Å². The van der Waals surface area contributed by atoms with Crippen LogP contribution in [0.4, 0.5) is 11.6 Å². The summed E-state index contributed by atoms with van der Waals surface area (Å²) >= 11 is 0. The van der Waals surface area contributed by atoms with Gasteiger partial charge in [0.15, 0.2) is 11.5 Å². The molecule has 0 aliphatic heterocycles. The molecule has 0 spiro atoms. The van der Waals surface area contributed by atoms with Crippen molar-refractivity contribution in [3.63, 3.8) is 0 Å². The Bertz CT molecular complexity index is 588. The third-order valence-electron chi connectivity index (χ3n) is 2.68. The van der Waals surface area contributed by atoms with Crippen molar-refractivity contribution in [3.05, 3.63) is 18.6 Å². The zero-order valence-electron chi connectivity index (χ0n) is 10.6. The van der Waals surface area contributed by atoms with E-state index in [1.54, 1.807) is 33.3 Å². The number of nitrogens with two attached hydrogens (primary N) is 1. The van der Waals surface area contributed by atoms with Gasteiger partial charge in [-0.3, -0.25) is 4.79 Å². The van der Waals surface area contributed by atoms with Gasteiger partial charge in [-0.25, -0.2) is 9.97 Å². The molecule has 4 N–H and O–H groups in total. The molecule has 1 amide bonds. The van der Waals surface area contributed by atoms with Crippen LogP contribution < -0.4 is 16.4 Å². The average Bonchev–Trinajstić information content (AvgIpc) is 2.76. The van der Waals surface area contributed by atoms with E-state index in [2.05, 4.69) is 20.6 Å². The third-order valence-corrected chi connectivity index (χ3v) is 2.68. The Labute approximate surface area is 104 Å². The summed E-state index contributed by atoms with van der Waals surface area (Å²) in [5.74, 6) is 0.725. The maximum Gasteiger partial charge on any atom is 0.242 e. The molecule has 0 saturated carbocycles. The highest BCUT2D eigenvalue weighted by atomic mass is 16.1. The van der Waals surface area contributed by atoms with Crippen LogP contribution in [0.5, 0.6) is 0 Å². The summed E-state index contributed by atoms with van der Waals surface area (Å²) in [5.41, 5.74) is 5.08. The van der Waals surface area contributed by atoms with Crippen molar-refractivity contribution in [2.75, 3.05) is 17.7 Å². The number of carbonyl (C=O) groups is 1. The number of primary amides is 1. The second-order valence-electron chi connectivity index (χ2n) is 4.50. The molecular weight excluding hydrogens is 232 g/mol. The molecule has 0 atom stereocenters. The molecule has 0 radical (unpaired) electrons. The smallest absolute Gasteiger partial charge is 0.242 e. The first-order valence-corrected chi connectivity index (χ1v) is 5.53. The molecule has 7 heteroatoms. The predicted octanol–water partition coefficient (Wildman–Crippen LogP) is 0.447. The Hall–Kier alpha value is -2.31. The topological polar surface area (TPSA) is 97.3 Å². The van der Waals surface area contributed by atoms with E-state index in [9.17, 15) is 4.79 Å². The molecule has 2 heterocycles. The largest absolute Gasteiger partial charge is 0.372 e. The maximum atomic E-state index is 11.3. The zero-order chi connectivity index (χ0) is 13.3. The molecule has 18 heavy (non-hydrogen) atoms. The molecule has 2 rings (SSSR count). The van der Waals surface area contributed by atoms with Gasteiger partial charge in [0.1, 0.15) is 11.4 Å². The van der Waals surface area contributed by atoms with Crippen LogP contribution in [0.2, 0.25) is 0 Å². The summed E-state index contributed by atoms with van der Waals surface area (Å²) in [6, 6.07) is 0. The van der Waals surface area contributed by atoms with Crippen LogP contribution in [0.3, 0.4) is 0 Å². The van der Waals surface area contributed by atoms with Crippen LogP contribution in [-0.2, 0) is 4.79 Å². The number of aromatic nitrogens is 3. The number of amides is 1. The van der Waals surface area contributed by atoms with Gasteiger partial charge in [-0.1, -0.05) is 0 Å². The van der Waals surface area contributed by atoms with Crippen molar-refractivity contribution < 1.29 is 4.79 Å². The Kier molecular flexibility index (Phi) is 2.82. The maximum absolute atomic E-state index is 11.3. The van der Waals surface area contributed by atoms with Gasteiger partial charge in [-0.2, -0.15) is 0 Å². The standard InChI is InChI=1S/C11H16N6O/c1-11(2,10(12)18)16-8-9-14-4-5-17(9)6-7(13-3)15-8/h4-6,13H,1-3H3,(H2,12,18)(H,15,16). The van der Waals surface area contributed by atoms with E-state index in [1.807, 2.05) is 10.6 Å². The Balaban J connectivity index is 2.49. The number of anilines is 2. The van der Waals surface area contributed by atoms with Gasteiger partial charge < -0.3 is 20.8 Å². The second kappa shape index (κ2) is 4.17. The fourth-order valence-electron chi connectivity index (χ4n) is 1.49. The van der Waals surface area contributed by atoms with E-state index in [-0.39, 0.29) is 0 Å². The number of carbonyl (C=O) groups excluding carboxylic acids is 1. The Morgan fingerprint density at radius 3 is 2.83 bits per heavy atom. The van der Waals surface area contributed by atoms with Gasteiger partial charge >= 0.3 is 0 Å².